The van der Waals surface area contributed by atoms with E-state index in [2.05, 4.69) is 22.5 Å². The Balaban J connectivity index is 2.45. The summed E-state index contributed by atoms with van der Waals surface area (Å²) >= 11 is 3.33. The molecule has 0 aromatic heterocycles. The van der Waals surface area contributed by atoms with E-state index >= 15 is 0 Å². The van der Waals surface area contributed by atoms with Gasteiger partial charge in [0.2, 0.25) is 10.0 Å². The van der Waals surface area contributed by atoms with Gasteiger partial charge in [-0.1, -0.05) is 28.1 Å². The highest BCUT2D eigenvalue weighted by molar-refractivity contribution is 9.10. The third-order valence-electron chi connectivity index (χ3n) is 3.00. The van der Waals surface area contributed by atoms with Gasteiger partial charge in [0.1, 0.15) is 0 Å². The molecule has 1 aromatic rings. The van der Waals surface area contributed by atoms with Crippen molar-refractivity contribution in [2.45, 2.75) is 30.7 Å². The average Bonchev–Trinajstić information content (AvgIpc) is 3.13. The highest BCUT2D eigenvalue weighted by Gasteiger charge is 2.37. The van der Waals surface area contributed by atoms with Gasteiger partial charge in [-0.25, -0.2) is 8.42 Å². The fourth-order valence-corrected chi connectivity index (χ4v) is 4.33. The molecule has 18 heavy (non-hydrogen) atoms. The summed E-state index contributed by atoms with van der Waals surface area (Å²) in [6.45, 7) is 5.83. The maximum atomic E-state index is 12.6. The van der Waals surface area contributed by atoms with Crippen molar-refractivity contribution < 1.29 is 8.42 Å². The van der Waals surface area contributed by atoms with Gasteiger partial charge in [-0.15, -0.1) is 6.58 Å². The molecule has 0 radical (unpaired) electrons. The van der Waals surface area contributed by atoms with Crippen molar-refractivity contribution in [2.75, 3.05) is 6.54 Å². The number of hydrogen-bond acceptors (Lipinski definition) is 2. The molecule has 0 amide bonds. The van der Waals surface area contributed by atoms with Crippen LogP contribution >= 0.6 is 15.9 Å². The van der Waals surface area contributed by atoms with Gasteiger partial charge in [0, 0.05) is 17.1 Å². The summed E-state index contributed by atoms with van der Waals surface area (Å²) in [4.78, 5) is 0.380. The van der Waals surface area contributed by atoms with Crippen LogP contribution in [-0.2, 0) is 10.0 Å². The van der Waals surface area contributed by atoms with Crippen molar-refractivity contribution in [1.82, 2.24) is 4.31 Å². The minimum Gasteiger partial charge on any atom is -0.207 e. The molecule has 0 spiro atoms. The van der Waals surface area contributed by atoms with E-state index in [-0.39, 0.29) is 6.04 Å². The fourth-order valence-electron chi connectivity index (χ4n) is 1.91. The SMILES string of the molecule is C=CCN(C1CC1)S(=O)(=O)c1cc(Br)ccc1C. The lowest BCUT2D eigenvalue weighted by Gasteiger charge is -2.21. The third-order valence-corrected chi connectivity index (χ3v) is 5.55. The predicted octanol–water partition coefficient (Wildman–Crippen LogP) is 3.10. The molecule has 3 nitrogen and oxygen atoms in total. The second kappa shape index (κ2) is 5.15. The van der Waals surface area contributed by atoms with Crippen LogP contribution in [0.3, 0.4) is 0 Å². The van der Waals surface area contributed by atoms with Crippen LogP contribution in [0.5, 0.6) is 0 Å². The smallest absolute Gasteiger partial charge is 0.207 e. The first-order valence-corrected chi connectivity index (χ1v) is 8.09. The summed E-state index contributed by atoms with van der Waals surface area (Å²) in [5.41, 5.74) is 0.771. The van der Waals surface area contributed by atoms with Crippen LogP contribution in [0.15, 0.2) is 40.2 Å². The van der Waals surface area contributed by atoms with E-state index in [1.54, 1.807) is 16.4 Å². The molecule has 0 atom stereocenters. The average molecular weight is 330 g/mol. The van der Waals surface area contributed by atoms with Crippen LogP contribution in [0.1, 0.15) is 18.4 Å². The van der Waals surface area contributed by atoms with Crippen molar-refractivity contribution in [3.8, 4) is 0 Å². The maximum Gasteiger partial charge on any atom is 0.243 e. The van der Waals surface area contributed by atoms with E-state index in [0.29, 0.717) is 11.4 Å². The standard InChI is InChI=1S/C13H16BrNO2S/c1-3-8-15(12-6-7-12)18(16,17)13-9-11(14)5-4-10(13)2/h3-5,9,12H,1,6-8H2,2H3. The molecule has 0 aliphatic heterocycles. The molecule has 5 heteroatoms. The van der Waals surface area contributed by atoms with E-state index in [0.717, 1.165) is 22.9 Å². The Morgan fingerprint density at radius 3 is 2.72 bits per heavy atom. The highest BCUT2D eigenvalue weighted by Crippen LogP contribution is 2.33. The molecule has 1 saturated carbocycles. The molecule has 2 rings (SSSR count). The lowest BCUT2D eigenvalue weighted by atomic mass is 10.2. The van der Waals surface area contributed by atoms with Gasteiger partial charge < -0.3 is 0 Å². The first-order chi connectivity index (χ1) is 8.46. The Kier molecular flexibility index (Phi) is 3.94. The second-order valence-corrected chi connectivity index (χ2v) is 7.28. The van der Waals surface area contributed by atoms with Crippen LogP contribution < -0.4 is 0 Å². The lowest BCUT2D eigenvalue weighted by molar-refractivity contribution is 0.435. The summed E-state index contributed by atoms with van der Waals surface area (Å²) in [5.74, 6) is 0. The van der Waals surface area contributed by atoms with Gasteiger partial charge in [0.25, 0.3) is 0 Å². The van der Waals surface area contributed by atoms with E-state index < -0.39 is 10.0 Å². The number of nitrogens with zero attached hydrogens (tertiary/aromatic N) is 1. The van der Waals surface area contributed by atoms with Crippen molar-refractivity contribution >= 4 is 26.0 Å². The van der Waals surface area contributed by atoms with Crippen LogP contribution in [0.25, 0.3) is 0 Å². The first kappa shape index (κ1) is 13.8. The monoisotopic (exact) mass is 329 g/mol. The second-order valence-electron chi connectivity index (χ2n) is 4.50. The molecule has 1 aliphatic rings. The van der Waals surface area contributed by atoms with Gasteiger partial charge >= 0.3 is 0 Å². The van der Waals surface area contributed by atoms with Gasteiger partial charge in [-0.3, -0.25) is 0 Å². The van der Waals surface area contributed by atoms with Crippen molar-refractivity contribution in [3.63, 3.8) is 0 Å². The van der Waals surface area contributed by atoms with E-state index in [4.69, 9.17) is 0 Å². The molecule has 1 aliphatic carbocycles. The van der Waals surface area contributed by atoms with Gasteiger partial charge in [0.15, 0.2) is 0 Å². The van der Waals surface area contributed by atoms with Crippen LogP contribution in [0, 0.1) is 6.92 Å². The van der Waals surface area contributed by atoms with E-state index in [1.165, 1.54) is 0 Å². The molecule has 0 unspecified atom stereocenters. The highest BCUT2D eigenvalue weighted by atomic mass is 79.9. The first-order valence-electron chi connectivity index (χ1n) is 5.85. The zero-order valence-corrected chi connectivity index (χ0v) is 12.7. The number of benzene rings is 1. The molecule has 0 bridgehead atoms. The van der Waals surface area contributed by atoms with E-state index in [9.17, 15) is 8.42 Å². The minimum atomic E-state index is -3.42. The van der Waals surface area contributed by atoms with Crippen molar-refractivity contribution in [3.05, 3.63) is 40.9 Å². The van der Waals surface area contributed by atoms with Gasteiger partial charge in [-0.2, -0.15) is 4.31 Å². The normalized spacial score (nSPS) is 15.9. The molecular weight excluding hydrogens is 314 g/mol. The predicted molar refractivity (Wildman–Crippen MR) is 76.0 cm³/mol. The van der Waals surface area contributed by atoms with Crippen LogP contribution in [0.2, 0.25) is 0 Å². The molecule has 0 saturated heterocycles. The quantitative estimate of drug-likeness (QED) is 0.778. The van der Waals surface area contributed by atoms with Crippen molar-refractivity contribution in [2.24, 2.45) is 0 Å². The minimum absolute atomic E-state index is 0.145. The lowest BCUT2D eigenvalue weighted by Crippen LogP contribution is -2.33. The molecule has 0 N–H and O–H groups in total. The summed E-state index contributed by atoms with van der Waals surface area (Å²) in [6.07, 6.45) is 3.53. The summed E-state index contributed by atoms with van der Waals surface area (Å²) in [7, 11) is -3.42. The Morgan fingerprint density at radius 2 is 2.17 bits per heavy atom. The van der Waals surface area contributed by atoms with Crippen LogP contribution in [-0.4, -0.2) is 25.3 Å². The third kappa shape index (κ3) is 2.68. The van der Waals surface area contributed by atoms with Crippen LogP contribution in [0.4, 0.5) is 0 Å². The molecule has 1 aromatic carbocycles. The Hall–Kier alpha value is -0.650. The summed E-state index contributed by atoms with van der Waals surface area (Å²) < 4.78 is 27.6. The number of aryl methyl sites for hydroxylation is 1. The van der Waals surface area contributed by atoms with Gasteiger partial charge in [0.05, 0.1) is 4.90 Å². The van der Waals surface area contributed by atoms with Gasteiger partial charge in [-0.05, 0) is 37.5 Å². The summed E-state index contributed by atoms with van der Waals surface area (Å²) in [6, 6.07) is 5.48. The molecule has 0 heterocycles. The number of rotatable bonds is 5. The number of sulfonamides is 1. The van der Waals surface area contributed by atoms with E-state index in [1.807, 2.05) is 19.1 Å². The fraction of sp³-hybridized carbons (Fsp3) is 0.385. The zero-order chi connectivity index (χ0) is 13.3. The Labute approximate surface area is 117 Å². The maximum absolute atomic E-state index is 12.6. The number of halogens is 1. The largest absolute Gasteiger partial charge is 0.243 e. The zero-order valence-electron chi connectivity index (χ0n) is 10.3. The number of hydrogen-bond donors (Lipinski definition) is 0. The Morgan fingerprint density at radius 1 is 1.50 bits per heavy atom. The van der Waals surface area contributed by atoms with Crippen molar-refractivity contribution in [1.29, 1.82) is 0 Å². The Bertz CT molecular complexity index is 564. The molecule has 1 fully saturated rings. The molecule has 98 valence electrons. The topological polar surface area (TPSA) is 37.4 Å². The summed E-state index contributed by atoms with van der Waals surface area (Å²) in [5, 5.41) is 0. The molecular formula is C13H16BrNO2S.